The van der Waals surface area contributed by atoms with Crippen molar-refractivity contribution in [2.24, 2.45) is 5.92 Å². The predicted octanol–water partition coefficient (Wildman–Crippen LogP) is 2.12. The maximum absolute atomic E-state index is 12.4. The van der Waals surface area contributed by atoms with Crippen LogP contribution in [-0.2, 0) is 4.74 Å². The Hall–Kier alpha value is -2.01. The Kier molecular flexibility index (Phi) is 4.06. The minimum atomic E-state index is -0.485. The van der Waals surface area contributed by atoms with Gasteiger partial charge in [-0.15, -0.1) is 5.10 Å². The fourth-order valence-corrected chi connectivity index (χ4v) is 1.99. The van der Waals surface area contributed by atoms with E-state index in [9.17, 15) is 4.79 Å². The first-order valence-electron chi connectivity index (χ1n) is 6.18. The Balaban J connectivity index is 2.37. The van der Waals surface area contributed by atoms with Gasteiger partial charge < -0.3 is 4.74 Å². The largest absolute Gasteiger partial charge is 0.373 e. The van der Waals surface area contributed by atoms with Crippen LogP contribution in [0.4, 0.5) is 0 Å². The van der Waals surface area contributed by atoms with Crippen molar-refractivity contribution in [3.8, 4) is 5.69 Å². The molecule has 2 aromatic rings. The van der Waals surface area contributed by atoms with Crippen molar-refractivity contribution in [2.75, 3.05) is 7.11 Å². The van der Waals surface area contributed by atoms with Crippen LogP contribution in [0.5, 0.6) is 0 Å². The summed E-state index contributed by atoms with van der Waals surface area (Å²) in [6.07, 6.45) is 0.991. The highest BCUT2D eigenvalue weighted by Gasteiger charge is 2.26. The van der Waals surface area contributed by atoms with Crippen LogP contribution in [0.3, 0.4) is 0 Å². The van der Waals surface area contributed by atoms with Crippen LogP contribution >= 0.6 is 0 Å². The molecule has 0 spiro atoms. The number of aromatic nitrogens is 3. The molecule has 0 aliphatic carbocycles. The molecule has 5 nitrogen and oxygen atoms in total. The number of Topliss-reactive ketones (excluding diaryl/α,β-unsaturated/α-hetero) is 1. The summed E-state index contributed by atoms with van der Waals surface area (Å²) < 4.78 is 6.81. The van der Waals surface area contributed by atoms with Gasteiger partial charge in [0.2, 0.25) is 5.78 Å². The highest BCUT2D eigenvalue weighted by Crippen LogP contribution is 2.15. The lowest BCUT2D eigenvalue weighted by atomic mass is 10.0. The Morgan fingerprint density at radius 1 is 1.26 bits per heavy atom. The fraction of sp³-hybridized carbons (Fsp3) is 0.357. The number of rotatable bonds is 5. The zero-order valence-corrected chi connectivity index (χ0v) is 11.3. The molecule has 0 aliphatic heterocycles. The van der Waals surface area contributed by atoms with Gasteiger partial charge in [0.25, 0.3) is 0 Å². The summed E-state index contributed by atoms with van der Waals surface area (Å²) in [5.74, 6) is -0.0111. The summed E-state index contributed by atoms with van der Waals surface area (Å²) >= 11 is 0. The van der Waals surface area contributed by atoms with Crippen LogP contribution < -0.4 is 0 Å². The van der Waals surface area contributed by atoms with E-state index >= 15 is 0 Å². The molecule has 0 N–H and O–H groups in total. The van der Waals surface area contributed by atoms with Crippen LogP contribution in [0.25, 0.3) is 5.69 Å². The molecule has 1 aromatic heterocycles. The molecule has 100 valence electrons. The SMILES string of the molecule is COC(C(=O)c1cnnn1-c1ccccc1)C(C)C. The molecule has 1 atom stereocenters. The summed E-state index contributed by atoms with van der Waals surface area (Å²) in [7, 11) is 1.54. The van der Waals surface area contributed by atoms with Crippen molar-refractivity contribution in [1.29, 1.82) is 0 Å². The summed E-state index contributed by atoms with van der Waals surface area (Å²) in [4.78, 5) is 12.4. The van der Waals surface area contributed by atoms with Crippen molar-refractivity contribution in [2.45, 2.75) is 20.0 Å². The lowest BCUT2D eigenvalue weighted by molar-refractivity contribution is 0.0451. The third-order valence-corrected chi connectivity index (χ3v) is 2.92. The molecule has 1 unspecified atom stereocenters. The Morgan fingerprint density at radius 3 is 2.53 bits per heavy atom. The second-order valence-electron chi connectivity index (χ2n) is 4.63. The number of ketones is 1. The topological polar surface area (TPSA) is 57.0 Å². The molecule has 0 saturated heterocycles. The zero-order chi connectivity index (χ0) is 13.8. The molecule has 0 amide bonds. The third-order valence-electron chi connectivity index (χ3n) is 2.92. The van der Waals surface area contributed by atoms with Gasteiger partial charge in [-0.25, -0.2) is 4.68 Å². The molecule has 0 bridgehead atoms. The number of carbonyl (C=O) groups is 1. The van der Waals surface area contributed by atoms with Crippen LogP contribution in [0.2, 0.25) is 0 Å². The average molecular weight is 259 g/mol. The quantitative estimate of drug-likeness (QED) is 0.772. The summed E-state index contributed by atoms with van der Waals surface area (Å²) in [5.41, 5.74) is 1.24. The van der Waals surface area contributed by atoms with Gasteiger partial charge in [-0.05, 0) is 18.1 Å². The molecular weight excluding hydrogens is 242 g/mol. The molecule has 19 heavy (non-hydrogen) atoms. The molecular formula is C14H17N3O2. The number of hydrogen-bond donors (Lipinski definition) is 0. The molecule has 0 fully saturated rings. The van der Waals surface area contributed by atoms with Gasteiger partial charge >= 0.3 is 0 Å². The van der Waals surface area contributed by atoms with E-state index in [1.165, 1.54) is 10.9 Å². The molecule has 0 aliphatic rings. The molecule has 1 heterocycles. The van der Waals surface area contributed by atoms with E-state index in [2.05, 4.69) is 10.3 Å². The van der Waals surface area contributed by atoms with Crippen LogP contribution in [-0.4, -0.2) is 34.0 Å². The van der Waals surface area contributed by atoms with Crippen LogP contribution in [0.1, 0.15) is 24.3 Å². The monoisotopic (exact) mass is 259 g/mol. The number of carbonyl (C=O) groups excluding carboxylic acids is 1. The second kappa shape index (κ2) is 5.75. The minimum Gasteiger partial charge on any atom is -0.373 e. The minimum absolute atomic E-state index is 0.0941. The Labute approximate surface area is 112 Å². The standard InChI is InChI=1S/C14H17N3O2/c1-10(2)14(19-3)13(18)12-9-15-16-17(12)11-7-5-4-6-8-11/h4-10,14H,1-3H3. The van der Waals surface area contributed by atoms with Crippen molar-refractivity contribution >= 4 is 5.78 Å². The Morgan fingerprint density at radius 2 is 1.95 bits per heavy atom. The van der Waals surface area contributed by atoms with E-state index in [-0.39, 0.29) is 11.7 Å². The first-order chi connectivity index (χ1) is 9.15. The van der Waals surface area contributed by atoms with Gasteiger partial charge in [-0.2, -0.15) is 0 Å². The van der Waals surface area contributed by atoms with Gasteiger partial charge in [0.1, 0.15) is 11.8 Å². The number of nitrogens with zero attached hydrogens (tertiary/aromatic N) is 3. The van der Waals surface area contributed by atoms with Crippen LogP contribution in [0, 0.1) is 5.92 Å². The second-order valence-corrected chi connectivity index (χ2v) is 4.63. The normalized spacial score (nSPS) is 12.6. The van der Waals surface area contributed by atoms with Crippen molar-refractivity contribution < 1.29 is 9.53 Å². The number of hydrogen-bond acceptors (Lipinski definition) is 4. The lowest BCUT2D eigenvalue weighted by Crippen LogP contribution is -2.30. The van der Waals surface area contributed by atoms with E-state index in [1.807, 2.05) is 44.2 Å². The van der Waals surface area contributed by atoms with E-state index in [4.69, 9.17) is 4.74 Å². The number of para-hydroxylation sites is 1. The van der Waals surface area contributed by atoms with Crippen molar-refractivity contribution in [3.63, 3.8) is 0 Å². The van der Waals surface area contributed by atoms with Crippen molar-refractivity contribution in [3.05, 3.63) is 42.2 Å². The van der Waals surface area contributed by atoms with Gasteiger partial charge in [-0.1, -0.05) is 37.3 Å². The van der Waals surface area contributed by atoms with E-state index in [0.717, 1.165) is 5.69 Å². The summed E-state index contributed by atoms with van der Waals surface area (Å²) in [6, 6.07) is 9.45. The molecule has 5 heteroatoms. The van der Waals surface area contributed by atoms with Crippen LogP contribution in [0.15, 0.2) is 36.5 Å². The number of ether oxygens (including phenoxy) is 1. The molecule has 0 saturated carbocycles. The van der Waals surface area contributed by atoms with Gasteiger partial charge in [0.15, 0.2) is 0 Å². The lowest BCUT2D eigenvalue weighted by Gasteiger charge is -2.17. The third kappa shape index (κ3) is 2.71. The summed E-state index contributed by atoms with van der Waals surface area (Å²) in [6.45, 7) is 3.89. The number of benzene rings is 1. The van der Waals surface area contributed by atoms with Crippen molar-refractivity contribution in [1.82, 2.24) is 15.0 Å². The maximum atomic E-state index is 12.4. The smallest absolute Gasteiger partial charge is 0.211 e. The van der Waals surface area contributed by atoms with E-state index in [1.54, 1.807) is 7.11 Å². The average Bonchev–Trinajstić information content (AvgIpc) is 2.89. The zero-order valence-electron chi connectivity index (χ0n) is 11.3. The predicted molar refractivity (Wildman–Crippen MR) is 71.3 cm³/mol. The maximum Gasteiger partial charge on any atom is 0.211 e. The first-order valence-corrected chi connectivity index (χ1v) is 6.18. The van der Waals surface area contributed by atoms with Gasteiger partial charge in [0, 0.05) is 7.11 Å². The molecule has 2 rings (SSSR count). The van der Waals surface area contributed by atoms with E-state index < -0.39 is 6.10 Å². The first kappa shape index (κ1) is 13.4. The van der Waals surface area contributed by atoms with E-state index in [0.29, 0.717) is 5.69 Å². The molecule has 1 aromatic carbocycles. The summed E-state index contributed by atoms with van der Waals surface area (Å²) in [5, 5.41) is 7.81. The fourth-order valence-electron chi connectivity index (χ4n) is 1.99. The highest BCUT2D eigenvalue weighted by atomic mass is 16.5. The molecule has 0 radical (unpaired) electrons. The number of methoxy groups -OCH3 is 1. The highest BCUT2D eigenvalue weighted by molar-refractivity contribution is 5.98. The van der Waals surface area contributed by atoms with Gasteiger partial charge in [0.05, 0.1) is 11.9 Å². The Bertz CT molecular complexity index is 549. The van der Waals surface area contributed by atoms with Gasteiger partial charge in [-0.3, -0.25) is 4.79 Å².